The molecule has 1 N–H and O–H groups in total. The number of fused-ring (bicyclic) bond motifs is 2. The molecule has 5 rings (SSSR count). The fourth-order valence-electron chi connectivity index (χ4n) is 4.85. The van der Waals surface area contributed by atoms with Crippen LogP contribution in [0.3, 0.4) is 0 Å². The maximum absolute atomic E-state index is 12.6. The van der Waals surface area contributed by atoms with Crippen LogP contribution in [-0.2, 0) is 0 Å². The van der Waals surface area contributed by atoms with Crippen molar-refractivity contribution in [2.75, 3.05) is 0 Å². The summed E-state index contributed by atoms with van der Waals surface area (Å²) in [4.78, 5) is 17.1. The second-order valence-corrected chi connectivity index (χ2v) is 7.66. The molecule has 0 spiro atoms. The minimum absolute atomic E-state index is 0.0380. The Balaban J connectivity index is 1.32. The number of benzene rings is 1. The Morgan fingerprint density at radius 2 is 1.81 bits per heavy atom. The molecule has 2 aromatic heterocycles. The molecule has 1 amide bonds. The molecule has 132 valence electrons. The molecule has 4 nitrogen and oxygen atoms in total. The number of pyridine rings is 1. The molecule has 0 saturated heterocycles. The summed E-state index contributed by atoms with van der Waals surface area (Å²) >= 11 is 0. The molecule has 2 saturated carbocycles. The molecule has 2 heterocycles. The average Bonchev–Trinajstić information content (AvgIpc) is 3.37. The normalized spacial score (nSPS) is 24.7. The number of amides is 1. The largest absolute Gasteiger partial charge is 0.464 e. The van der Waals surface area contributed by atoms with Gasteiger partial charge in [0.2, 0.25) is 0 Å². The number of furan rings is 1. The number of nitrogens with zero attached hydrogens (tertiary/aromatic N) is 1. The highest BCUT2D eigenvalue weighted by Crippen LogP contribution is 2.43. The Kier molecular flexibility index (Phi) is 3.77. The monoisotopic (exact) mass is 346 g/mol. The molecule has 0 aliphatic heterocycles. The highest BCUT2D eigenvalue weighted by atomic mass is 16.3. The zero-order valence-electron chi connectivity index (χ0n) is 14.7. The van der Waals surface area contributed by atoms with Gasteiger partial charge >= 0.3 is 0 Å². The molecule has 0 unspecified atom stereocenters. The standard InChI is InChI=1S/C22H22N2O2/c25-22(24-18-12-16-2-1-3-17(16)13-18)15-6-4-14(5-7-15)21-19-9-11-26-20(19)8-10-23-21/h4-11,16-18H,1-3,12-13H2,(H,24,25)/t16-,17+,18-. The lowest BCUT2D eigenvalue weighted by Gasteiger charge is -2.14. The van der Waals surface area contributed by atoms with Crippen molar-refractivity contribution in [2.45, 2.75) is 38.1 Å². The van der Waals surface area contributed by atoms with Crippen LogP contribution < -0.4 is 5.32 Å². The number of nitrogens with one attached hydrogen (secondary N) is 1. The molecule has 3 aromatic rings. The number of aromatic nitrogens is 1. The third-order valence-electron chi connectivity index (χ3n) is 6.13. The van der Waals surface area contributed by atoms with Crippen LogP contribution in [-0.4, -0.2) is 16.9 Å². The summed E-state index contributed by atoms with van der Waals surface area (Å²) in [5.74, 6) is 1.71. The summed E-state index contributed by atoms with van der Waals surface area (Å²) in [5, 5.41) is 4.23. The van der Waals surface area contributed by atoms with Crippen molar-refractivity contribution in [2.24, 2.45) is 11.8 Å². The van der Waals surface area contributed by atoms with Gasteiger partial charge < -0.3 is 9.73 Å². The van der Waals surface area contributed by atoms with Gasteiger partial charge in [-0.1, -0.05) is 31.4 Å². The summed E-state index contributed by atoms with van der Waals surface area (Å²) in [7, 11) is 0. The maximum atomic E-state index is 12.6. The zero-order chi connectivity index (χ0) is 17.5. The molecular weight excluding hydrogens is 324 g/mol. The SMILES string of the molecule is O=C(N[C@@H]1C[C@H]2CCC[C@H]2C1)c1ccc(-c2nccc3occc23)cc1. The summed E-state index contributed by atoms with van der Waals surface area (Å²) in [5.41, 5.74) is 3.41. The van der Waals surface area contributed by atoms with E-state index in [4.69, 9.17) is 4.42 Å². The van der Waals surface area contributed by atoms with E-state index in [-0.39, 0.29) is 5.91 Å². The smallest absolute Gasteiger partial charge is 0.251 e. The van der Waals surface area contributed by atoms with Crippen LogP contribution in [0.15, 0.2) is 53.3 Å². The van der Waals surface area contributed by atoms with Gasteiger partial charge in [-0.15, -0.1) is 0 Å². The topological polar surface area (TPSA) is 55.1 Å². The van der Waals surface area contributed by atoms with E-state index in [9.17, 15) is 4.79 Å². The van der Waals surface area contributed by atoms with Crippen molar-refractivity contribution in [3.05, 3.63) is 54.4 Å². The van der Waals surface area contributed by atoms with Gasteiger partial charge in [0, 0.05) is 28.8 Å². The van der Waals surface area contributed by atoms with Crippen molar-refractivity contribution in [1.82, 2.24) is 10.3 Å². The predicted octanol–water partition coefficient (Wildman–Crippen LogP) is 4.80. The van der Waals surface area contributed by atoms with Gasteiger partial charge in [-0.3, -0.25) is 9.78 Å². The Morgan fingerprint density at radius 3 is 2.58 bits per heavy atom. The number of hydrogen-bond acceptors (Lipinski definition) is 3. The van der Waals surface area contributed by atoms with Gasteiger partial charge in [-0.25, -0.2) is 0 Å². The van der Waals surface area contributed by atoms with E-state index < -0.39 is 0 Å². The molecule has 4 heteroatoms. The van der Waals surface area contributed by atoms with Crippen LogP contribution in [0.25, 0.3) is 22.2 Å². The van der Waals surface area contributed by atoms with E-state index in [1.165, 1.54) is 19.3 Å². The zero-order valence-corrected chi connectivity index (χ0v) is 14.7. The maximum Gasteiger partial charge on any atom is 0.251 e. The first-order chi connectivity index (χ1) is 12.8. The quantitative estimate of drug-likeness (QED) is 0.741. The van der Waals surface area contributed by atoms with Gasteiger partial charge in [0.15, 0.2) is 0 Å². The minimum atomic E-state index is 0.0380. The lowest BCUT2D eigenvalue weighted by molar-refractivity contribution is 0.0936. The predicted molar refractivity (Wildman–Crippen MR) is 101 cm³/mol. The van der Waals surface area contributed by atoms with Gasteiger partial charge in [-0.05, 0) is 48.9 Å². The van der Waals surface area contributed by atoms with Crippen molar-refractivity contribution in [3.63, 3.8) is 0 Å². The van der Waals surface area contributed by atoms with Crippen LogP contribution >= 0.6 is 0 Å². The molecule has 2 aliphatic rings. The third kappa shape index (κ3) is 2.70. The van der Waals surface area contributed by atoms with Crippen LogP contribution in [0.1, 0.15) is 42.5 Å². The highest BCUT2D eigenvalue weighted by molar-refractivity contribution is 5.96. The van der Waals surface area contributed by atoms with Crippen molar-refractivity contribution in [1.29, 1.82) is 0 Å². The van der Waals surface area contributed by atoms with Gasteiger partial charge in [0.25, 0.3) is 5.91 Å². The van der Waals surface area contributed by atoms with Crippen LogP contribution in [0.5, 0.6) is 0 Å². The van der Waals surface area contributed by atoms with Gasteiger partial charge in [0.05, 0.1) is 12.0 Å². The Labute approximate surface area is 152 Å². The lowest BCUT2D eigenvalue weighted by atomic mass is 10.0. The first-order valence-corrected chi connectivity index (χ1v) is 9.51. The van der Waals surface area contributed by atoms with Crippen LogP contribution in [0.4, 0.5) is 0 Å². The van der Waals surface area contributed by atoms with E-state index in [0.29, 0.717) is 11.6 Å². The number of carbonyl (C=O) groups excluding carboxylic acids is 1. The molecular formula is C22H22N2O2. The Hall–Kier alpha value is -2.62. The second-order valence-electron chi connectivity index (χ2n) is 7.66. The first kappa shape index (κ1) is 15.6. The van der Waals surface area contributed by atoms with E-state index in [1.807, 2.05) is 36.4 Å². The molecule has 2 fully saturated rings. The first-order valence-electron chi connectivity index (χ1n) is 9.51. The number of hydrogen-bond donors (Lipinski definition) is 1. The van der Waals surface area contributed by atoms with Gasteiger partial charge in [-0.2, -0.15) is 0 Å². The average molecular weight is 346 g/mol. The van der Waals surface area contributed by atoms with Gasteiger partial charge in [0.1, 0.15) is 5.58 Å². The van der Waals surface area contributed by atoms with Crippen molar-refractivity contribution < 1.29 is 9.21 Å². The summed E-state index contributed by atoms with van der Waals surface area (Å²) in [6.07, 6.45) is 9.79. The third-order valence-corrected chi connectivity index (χ3v) is 6.13. The molecule has 0 bridgehead atoms. The fourth-order valence-corrected chi connectivity index (χ4v) is 4.85. The number of rotatable bonds is 3. The summed E-state index contributed by atoms with van der Waals surface area (Å²) in [6, 6.07) is 11.8. The molecule has 2 aliphatic carbocycles. The second kappa shape index (κ2) is 6.27. The van der Waals surface area contributed by atoms with E-state index >= 15 is 0 Å². The number of carbonyl (C=O) groups is 1. The minimum Gasteiger partial charge on any atom is -0.464 e. The fraction of sp³-hybridized carbons (Fsp3) is 0.364. The molecule has 0 radical (unpaired) electrons. The van der Waals surface area contributed by atoms with Crippen molar-refractivity contribution >= 4 is 16.9 Å². The van der Waals surface area contributed by atoms with E-state index in [2.05, 4.69) is 10.3 Å². The summed E-state index contributed by atoms with van der Waals surface area (Å²) in [6.45, 7) is 0. The van der Waals surface area contributed by atoms with Crippen LogP contribution in [0, 0.1) is 11.8 Å². The lowest BCUT2D eigenvalue weighted by Crippen LogP contribution is -2.33. The van der Waals surface area contributed by atoms with E-state index in [1.54, 1.807) is 12.5 Å². The van der Waals surface area contributed by atoms with Crippen LogP contribution in [0.2, 0.25) is 0 Å². The molecule has 3 atom stereocenters. The van der Waals surface area contributed by atoms with E-state index in [0.717, 1.165) is 46.9 Å². The summed E-state index contributed by atoms with van der Waals surface area (Å²) < 4.78 is 5.44. The highest BCUT2D eigenvalue weighted by Gasteiger charge is 2.37. The van der Waals surface area contributed by atoms with Crippen molar-refractivity contribution in [3.8, 4) is 11.3 Å². The Bertz CT molecular complexity index is 932. The molecule has 1 aromatic carbocycles. The molecule has 26 heavy (non-hydrogen) atoms. The Morgan fingerprint density at radius 1 is 1.04 bits per heavy atom.